The van der Waals surface area contributed by atoms with Gasteiger partial charge in [0.25, 0.3) is 0 Å². The Morgan fingerprint density at radius 2 is 2.06 bits per heavy atom. The largest absolute Gasteiger partial charge is 0.494 e. The summed E-state index contributed by atoms with van der Waals surface area (Å²) in [5.41, 5.74) is 1.18. The molecule has 18 heavy (non-hydrogen) atoms. The molecule has 1 aromatic carbocycles. The molecule has 0 radical (unpaired) electrons. The molecular formula is C14H19N3O. The smallest absolute Gasteiger partial charge is 0.127 e. The third-order valence-electron chi connectivity index (χ3n) is 2.73. The highest BCUT2D eigenvalue weighted by atomic mass is 16.5. The maximum Gasteiger partial charge on any atom is 0.127 e. The van der Waals surface area contributed by atoms with E-state index in [1.165, 1.54) is 5.56 Å². The second-order valence-corrected chi connectivity index (χ2v) is 3.97. The van der Waals surface area contributed by atoms with Gasteiger partial charge in [0.2, 0.25) is 0 Å². The van der Waals surface area contributed by atoms with Gasteiger partial charge in [-0.25, -0.2) is 4.98 Å². The number of aromatic nitrogens is 2. The van der Waals surface area contributed by atoms with Gasteiger partial charge in [0.1, 0.15) is 11.6 Å². The third kappa shape index (κ3) is 2.90. The molecule has 1 unspecified atom stereocenters. The summed E-state index contributed by atoms with van der Waals surface area (Å²) in [5, 5.41) is 3.42. The quantitative estimate of drug-likeness (QED) is 0.822. The average Bonchev–Trinajstić information content (AvgIpc) is 2.91. The number of H-pyrrole nitrogens is 1. The highest BCUT2D eigenvalue weighted by Crippen LogP contribution is 2.21. The normalized spacial score (nSPS) is 12.3. The van der Waals surface area contributed by atoms with Crippen LogP contribution in [0.1, 0.15) is 31.3 Å². The van der Waals surface area contributed by atoms with Crippen molar-refractivity contribution in [3.8, 4) is 5.75 Å². The van der Waals surface area contributed by atoms with Crippen LogP contribution < -0.4 is 10.1 Å². The van der Waals surface area contributed by atoms with E-state index in [0.29, 0.717) is 6.61 Å². The second-order valence-electron chi connectivity index (χ2n) is 3.97. The van der Waals surface area contributed by atoms with Gasteiger partial charge in [-0.3, -0.25) is 0 Å². The number of benzene rings is 1. The molecule has 0 fully saturated rings. The van der Waals surface area contributed by atoms with Gasteiger partial charge in [-0.1, -0.05) is 19.1 Å². The lowest BCUT2D eigenvalue weighted by Gasteiger charge is -2.16. The molecule has 0 aliphatic heterocycles. The second kappa shape index (κ2) is 6.21. The lowest BCUT2D eigenvalue weighted by atomic mass is 10.1. The van der Waals surface area contributed by atoms with Gasteiger partial charge in [-0.15, -0.1) is 0 Å². The summed E-state index contributed by atoms with van der Waals surface area (Å²) >= 11 is 0. The van der Waals surface area contributed by atoms with E-state index in [1.54, 1.807) is 6.20 Å². The zero-order valence-corrected chi connectivity index (χ0v) is 10.8. The summed E-state index contributed by atoms with van der Waals surface area (Å²) < 4.78 is 5.45. The lowest BCUT2D eigenvalue weighted by molar-refractivity contribution is 0.340. The van der Waals surface area contributed by atoms with Crippen molar-refractivity contribution in [3.63, 3.8) is 0 Å². The molecule has 1 atom stereocenters. The fourth-order valence-corrected chi connectivity index (χ4v) is 1.94. The fourth-order valence-electron chi connectivity index (χ4n) is 1.94. The van der Waals surface area contributed by atoms with Crippen LogP contribution >= 0.6 is 0 Å². The molecule has 96 valence electrons. The predicted octanol–water partition coefficient (Wildman–Crippen LogP) is 2.51. The number of hydrogen-bond acceptors (Lipinski definition) is 3. The van der Waals surface area contributed by atoms with Crippen LogP contribution in [0.4, 0.5) is 0 Å². The van der Waals surface area contributed by atoms with Crippen molar-refractivity contribution in [2.45, 2.75) is 19.9 Å². The molecule has 2 rings (SSSR count). The number of hydrogen-bond donors (Lipinski definition) is 2. The van der Waals surface area contributed by atoms with Crippen molar-refractivity contribution < 1.29 is 4.74 Å². The Morgan fingerprint density at radius 3 is 2.61 bits per heavy atom. The first-order chi connectivity index (χ1) is 8.85. The molecule has 1 heterocycles. The van der Waals surface area contributed by atoms with E-state index < -0.39 is 0 Å². The maximum atomic E-state index is 5.45. The molecule has 0 spiro atoms. The first kappa shape index (κ1) is 12.6. The number of nitrogens with zero attached hydrogens (tertiary/aromatic N) is 1. The molecule has 0 saturated carbocycles. The number of nitrogens with one attached hydrogen (secondary N) is 2. The molecule has 0 amide bonds. The summed E-state index contributed by atoms with van der Waals surface area (Å²) in [6.07, 6.45) is 3.61. The van der Waals surface area contributed by atoms with Crippen molar-refractivity contribution in [3.05, 3.63) is 48.0 Å². The Bertz CT molecular complexity index is 450. The molecule has 4 heteroatoms. The highest BCUT2D eigenvalue weighted by Gasteiger charge is 2.14. The van der Waals surface area contributed by atoms with Gasteiger partial charge < -0.3 is 15.0 Å². The molecular weight excluding hydrogens is 226 g/mol. The van der Waals surface area contributed by atoms with E-state index in [0.717, 1.165) is 18.1 Å². The van der Waals surface area contributed by atoms with Crippen molar-refractivity contribution in [2.75, 3.05) is 13.2 Å². The van der Waals surface area contributed by atoms with Gasteiger partial charge in [0.15, 0.2) is 0 Å². The Labute approximate surface area is 107 Å². The minimum atomic E-state index is 0.0978. The van der Waals surface area contributed by atoms with E-state index in [1.807, 2.05) is 25.3 Å². The van der Waals surface area contributed by atoms with Gasteiger partial charge >= 0.3 is 0 Å². The summed E-state index contributed by atoms with van der Waals surface area (Å²) in [6.45, 7) is 5.65. The van der Waals surface area contributed by atoms with Gasteiger partial charge in [-0.2, -0.15) is 0 Å². The zero-order chi connectivity index (χ0) is 12.8. The van der Waals surface area contributed by atoms with E-state index in [2.05, 4.69) is 34.3 Å². The maximum absolute atomic E-state index is 5.45. The van der Waals surface area contributed by atoms with Crippen LogP contribution in [0.2, 0.25) is 0 Å². The molecule has 4 nitrogen and oxygen atoms in total. The predicted molar refractivity (Wildman–Crippen MR) is 71.7 cm³/mol. The van der Waals surface area contributed by atoms with Crippen molar-refractivity contribution in [1.29, 1.82) is 0 Å². The molecule has 0 saturated heterocycles. The Balaban J connectivity index is 2.20. The van der Waals surface area contributed by atoms with Gasteiger partial charge in [0, 0.05) is 12.4 Å². The summed E-state index contributed by atoms with van der Waals surface area (Å²) in [7, 11) is 0. The molecule has 0 aliphatic carbocycles. The van der Waals surface area contributed by atoms with E-state index in [4.69, 9.17) is 4.74 Å². The van der Waals surface area contributed by atoms with Crippen LogP contribution in [-0.4, -0.2) is 23.1 Å². The van der Waals surface area contributed by atoms with Crippen LogP contribution in [0.25, 0.3) is 0 Å². The summed E-state index contributed by atoms with van der Waals surface area (Å²) in [6, 6.07) is 8.22. The SMILES string of the molecule is CCNC(c1ccc(OCC)cc1)c1ncc[nH]1. The highest BCUT2D eigenvalue weighted by molar-refractivity contribution is 5.31. The third-order valence-corrected chi connectivity index (χ3v) is 2.73. The van der Waals surface area contributed by atoms with E-state index in [9.17, 15) is 0 Å². The van der Waals surface area contributed by atoms with Gasteiger partial charge in [0.05, 0.1) is 12.6 Å². The molecule has 0 bridgehead atoms. The van der Waals surface area contributed by atoms with E-state index in [-0.39, 0.29) is 6.04 Å². The molecule has 0 aliphatic rings. The van der Waals surface area contributed by atoms with E-state index >= 15 is 0 Å². The Kier molecular flexibility index (Phi) is 4.36. The minimum Gasteiger partial charge on any atom is -0.494 e. The monoisotopic (exact) mass is 245 g/mol. The van der Waals surface area contributed by atoms with Crippen molar-refractivity contribution in [2.24, 2.45) is 0 Å². The van der Waals surface area contributed by atoms with Crippen LogP contribution in [0.5, 0.6) is 5.75 Å². The average molecular weight is 245 g/mol. The zero-order valence-electron chi connectivity index (χ0n) is 10.8. The van der Waals surface area contributed by atoms with Crippen molar-refractivity contribution >= 4 is 0 Å². The first-order valence-electron chi connectivity index (χ1n) is 6.30. The lowest BCUT2D eigenvalue weighted by Crippen LogP contribution is -2.23. The van der Waals surface area contributed by atoms with Gasteiger partial charge in [-0.05, 0) is 31.2 Å². The van der Waals surface area contributed by atoms with Crippen LogP contribution in [0, 0.1) is 0 Å². The molecule has 2 N–H and O–H groups in total. The number of aromatic amines is 1. The number of ether oxygens (including phenoxy) is 1. The Hall–Kier alpha value is -1.81. The molecule has 1 aromatic heterocycles. The standard InChI is InChI=1S/C14H19N3O/c1-3-15-13(14-16-9-10-17-14)11-5-7-12(8-6-11)18-4-2/h5-10,13,15H,3-4H2,1-2H3,(H,16,17). The van der Waals surface area contributed by atoms with Crippen LogP contribution in [0.3, 0.4) is 0 Å². The molecule has 2 aromatic rings. The summed E-state index contributed by atoms with van der Waals surface area (Å²) in [5.74, 6) is 1.83. The van der Waals surface area contributed by atoms with Crippen molar-refractivity contribution in [1.82, 2.24) is 15.3 Å². The van der Waals surface area contributed by atoms with Crippen LogP contribution in [-0.2, 0) is 0 Å². The number of rotatable bonds is 6. The van der Waals surface area contributed by atoms with Crippen LogP contribution in [0.15, 0.2) is 36.7 Å². The Morgan fingerprint density at radius 1 is 1.28 bits per heavy atom. The fraction of sp³-hybridized carbons (Fsp3) is 0.357. The topological polar surface area (TPSA) is 49.9 Å². The number of imidazole rings is 1. The first-order valence-corrected chi connectivity index (χ1v) is 6.30. The minimum absolute atomic E-state index is 0.0978. The summed E-state index contributed by atoms with van der Waals surface area (Å²) in [4.78, 5) is 7.48.